The van der Waals surface area contributed by atoms with Gasteiger partial charge in [0.1, 0.15) is 0 Å². The van der Waals surface area contributed by atoms with E-state index in [1.807, 2.05) is 18.2 Å². The van der Waals surface area contributed by atoms with Gasteiger partial charge in [-0.2, -0.15) is 0 Å². The zero-order valence-corrected chi connectivity index (χ0v) is 14.8. The van der Waals surface area contributed by atoms with Crippen molar-refractivity contribution in [1.82, 2.24) is 10.6 Å². The Hall–Kier alpha value is -2.73. The van der Waals surface area contributed by atoms with Crippen LogP contribution in [-0.4, -0.2) is 31.7 Å². The lowest BCUT2D eigenvalue weighted by molar-refractivity contribution is -0.121. The molecule has 136 valence electrons. The van der Waals surface area contributed by atoms with E-state index in [0.717, 1.165) is 11.3 Å². The van der Waals surface area contributed by atoms with Crippen LogP contribution in [0.4, 0.5) is 0 Å². The average Bonchev–Trinajstić information content (AvgIpc) is 3.11. The molecule has 26 heavy (non-hydrogen) atoms. The number of ether oxygens (including phenoxy) is 2. The van der Waals surface area contributed by atoms with E-state index in [9.17, 15) is 9.59 Å². The molecular weight excluding hydrogens is 356 g/mol. The van der Waals surface area contributed by atoms with Crippen molar-refractivity contribution < 1.29 is 19.1 Å². The van der Waals surface area contributed by atoms with Crippen LogP contribution in [0.5, 0.6) is 11.5 Å². The summed E-state index contributed by atoms with van der Waals surface area (Å²) >= 11 is 5.79. The first-order chi connectivity index (χ1) is 12.6. The molecule has 7 heteroatoms. The second-order valence-corrected chi connectivity index (χ2v) is 6.24. The Morgan fingerprint density at radius 1 is 0.962 bits per heavy atom. The number of amides is 2. The third-order valence-corrected chi connectivity index (χ3v) is 4.17. The molecule has 1 heterocycles. The molecule has 0 radical (unpaired) electrons. The summed E-state index contributed by atoms with van der Waals surface area (Å²) in [5, 5.41) is 6.12. The molecule has 3 rings (SSSR count). The first-order valence-electron chi connectivity index (χ1n) is 8.31. The second-order valence-electron chi connectivity index (χ2n) is 5.80. The van der Waals surface area contributed by atoms with E-state index in [1.54, 1.807) is 24.3 Å². The number of halogens is 1. The summed E-state index contributed by atoms with van der Waals surface area (Å²) < 4.78 is 10.6. The number of benzene rings is 2. The number of aryl methyl sites for hydroxylation is 1. The molecule has 0 aliphatic carbocycles. The summed E-state index contributed by atoms with van der Waals surface area (Å²) in [7, 11) is 0. The van der Waals surface area contributed by atoms with Crippen molar-refractivity contribution in [2.45, 2.75) is 12.8 Å². The van der Waals surface area contributed by atoms with Gasteiger partial charge in [0.15, 0.2) is 11.5 Å². The Morgan fingerprint density at radius 2 is 1.69 bits per heavy atom. The summed E-state index contributed by atoms with van der Waals surface area (Å²) in [6.07, 6.45) is 0.977. The molecule has 0 saturated carbocycles. The molecule has 1 aliphatic heterocycles. The van der Waals surface area contributed by atoms with Crippen LogP contribution in [0.1, 0.15) is 22.3 Å². The predicted octanol–water partition coefficient (Wildman–Crippen LogP) is 2.55. The molecule has 2 aromatic rings. The summed E-state index contributed by atoms with van der Waals surface area (Å²) in [5.41, 5.74) is 1.55. The average molecular weight is 375 g/mol. The Balaban J connectivity index is 1.34. The zero-order valence-electron chi connectivity index (χ0n) is 14.1. The number of hydrogen-bond acceptors (Lipinski definition) is 4. The number of fused-ring (bicyclic) bond motifs is 1. The van der Waals surface area contributed by atoms with Crippen molar-refractivity contribution in [3.63, 3.8) is 0 Å². The molecule has 2 N–H and O–H groups in total. The van der Waals surface area contributed by atoms with Gasteiger partial charge in [-0.1, -0.05) is 17.7 Å². The number of hydrogen-bond donors (Lipinski definition) is 2. The van der Waals surface area contributed by atoms with Crippen molar-refractivity contribution >= 4 is 23.4 Å². The first kappa shape index (κ1) is 18.1. The molecule has 6 nitrogen and oxygen atoms in total. The largest absolute Gasteiger partial charge is 0.454 e. The van der Waals surface area contributed by atoms with Gasteiger partial charge in [0, 0.05) is 30.1 Å². The minimum absolute atomic E-state index is 0.0663. The minimum Gasteiger partial charge on any atom is -0.454 e. The minimum atomic E-state index is -0.198. The van der Waals surface area contributed by atoms with Crippen molar-refractivity contribution in [1.29, 1.82) is 0 Å². The zero-order chi connectivity index (χ0) is 18.4. The maximum absolute atomic E-state index is 11.9. The molecule has 0 unspecified atom stereocenters. The molecule has 2 aromatic carbocycles. The Kier molecular flexibility index (Phi) is 5.96. The molecule has 1 aliphatic rings. The molecule has 0 aromatic heterocycles. The number of carbonyl (C=O) groups is 2. The van der Waals surface area contributed by atoms with Crippen LogP contribution in [0, 0.1) is 0 Å². The molecular formula is C19H19ClN2O4. The van der Waals surface area contributed by atoms with Gasteiger partial charge in [0.05, 0.1) is 0 Å². The predicted molar refractivity (Wildman–Crippen MR) is 97.7 cm³/mol. The fourth-order valence-corrected chi connectivity index (χ4v) is 2.65. The van der Waals surface area contributed by atoms with Crippen LogP contribution in [0.3, 0.4) is 0 Å². The quantitative estimate of drug-likeness (QED) is 0.730. The molecule has 0 bridgehead atoms. The van der Waals surface area contributed by atoms with Crippen LogP contribution in [0.25, 0.3) is 0 Å². The highest BCUT2D eigenvalue weighted by Gasteiger charge is 2.13. The van der Waals surface area contributed by atoms with Crippen molar-refractivity contribution in [3.8, 4) is 11.5 Å². The van der Waals surface area contributed by atoms with E-state index in [4.69, 9.17) is 21.1 Å². The van der Waals surface area contributed by atoms with Crippen LogP contribution in [0.15, 0.2) is 42.5 Å². The summed E-state index contributed by atoms with van der Waals surface area (Å²) in [4.78, 5) is 23.8. The van der Waals surface area contributed by atoms with Crippen LogP contribution in [-0.2, 0) is 11.2 Å². The van der Waals surface area contributed by atoms with Crippen LogP contribution in [0.2, 0.25) is 5.02 Å². The maximum Gasteiger partial charge on any atom is 0.251 e. The topological polar surface area (TPSA) is 76.7 Å². The van der Waals surface area contributed by atoms with E-state index in [0.29, 0.717) is 42.3 Å². The van der Waals surface area contributed by atoms with Gasteiger partial charge in [-0.15, -0.1) is 0 Å². The lowest BCUT2D eigenvalue weighted by Crippen LogP contribution is -2.34. The number of carbonyl (C=O) groups excluding carboxylic acids is 2. The van der Waals surface area contributed by atoms with Gasteiger partial charge in [0.2, 0.25) is 12.7 Å². The highest BCUT2D eigenvalue weighted by molar-refractivity contribution is 6.30. The van der Waals surface area contributed by atoms with E-state index >= 15 is 0 Å². The highest BCUT2D eigenvalue weighted by Crippen LogP contribution is 2.32. The smallest absolute Gasteiger partial charge is 0.251 e. The SMILES string of the molecule is O=C(CCc1ccc2c(c1)OCO2)NCCNC(=O)c1ccc(Cl)cc1. The molecule has 0 atom stereocenters. The number of rotatable bonds is 7. The third kappa shape index (κ3) is 4.89. The third-order valence-electron chi connectivity index (χ3n) is 3.92. The molecule has 2 amide bonds. The molecule has 0 fully saturated rings. The fraction of sp³-hybridized carbons (Fsp3) is 0.263. The van der Waals surface area contributed by atoms with E-state index in [-0.39, 0.29) is 18.6 Å². The van der Waals surface area contributed by atoms with E-state index < -0.39 is 0 Å². The number of nitrogens with one attached hydrogen (secondary N) is 2. The van der Waals surface area contributed by atoms with E-state index in [2.05, 4.69) is 10.6 Å². The standard InChI is InChI=1S/C19H19ClN2O4/c20-15-5-3-14(4-6-15)19(24)22-10-9-21-18(23)8-2-13-1-7-16-17(11-13)26-12-25-16/h1,3-7,11H,2,8-10,12H2,(H,21,23)(H,22,24). The summed E-state index contributed by atoms with van der Waals surface area (Å²) in [5.74, 6) is 1.18. The maximum atomic E-state index is 11.9. The van der Waals surface area contributed by atoms with Gasteiger partial charge in [-0.25, -0.2) is 0 Å². The molecule has 0 spiro atoms. The van der Waals surface area contributed by atoms with Crippen molar-refractivity contribution in [3.05, 3.63) is 58.6 Å². The van der Waals surface area contributed by atoms with Crippen LogP contribution < -0.4 is 20.1 Å². The van der Waals surface area contributed by atoms with Crippen molar-refractivity contribution in [2.75, 3.05) is 19.9 Å². The van der Waals surface area contributed by atoms with Crippen molar-refractivity contribution in [2.24, 2.45) is 0 Å². The lowest BCUT2D eigenvalue weighted by Gasteiger charge is -2.08. The lowest BCUT2D eigenvalue weighted by atomic mass is 10.1. The fourth-order valence-electron chi connectivity index (χ4n) is 2.52. The summed E-state index contributed by atoms with van der Waals surface area (Å²) in [6.45, 7) is 0.970. The Labute approximate surface area is 156 Å². The van der Waals surface area contributed by atoms with Crippen LogP contribution >= 0.6 is 11.6 Å². The van der Waals surface area contributed by atoms with Gasteiger partial charge in [-0.05, 0) is 48.4 Å². The summed E-state index contributed by atoms with van der Waals surface area (Å²) in [6, 6.07) is 12.3. The van der Waals surface area contributed by atoms with Gasteiger partial charge in [0.25, 0.3) is 5.91 Å². The highest BCUT2D eigenvalue weighted by atomic mass is 35.5. The Bertz CT molecular complexity index is 793. The first-order valence-corrected chi connectivity index (χ1v) is 8.68. The van der Waals surface area contributed by atoms with E-state index in [1.165, 1.54) is 0 Å². The molecule has 0 saturated heterocycles. The normalized spacial score (nSPS) is 11.9. The van der Waals surface area contributed by atoms with Gasteiger partial charge in [-0.3, -0.25) is 9.59 Å². The second kappa shape index (κ2) is 8.58. The Morgan fingerprint density at radius 3 is 2.50 bits per heavy atom. The van der Waals surface area contributed by atoms with Gasteiger partial charge < -0.3 is 20.1 Å². The monoisotopic (exact) mass is 374 g/mol. The van der Waals surface area contributed by atoms with Gasteiger partial charge >= 0.3 is 0 Å².